The molecule has 0 saturated heterocycles. The van der Waals surface area contributed by atoms with Crippen molar-refractivity contribution in [3.05, 3.63) is 81.6 Å². The fourth-order valence-electron chi connectivity index (χ4n) is 2.35. The van der Waals surface area contributed by atoms with Crippen molar-refractivity contribution in [2.24, 2.45) is 0 Å². The molecule has 0 spiro atoms. The van der Waals surface area contributed by atoms with E-state index in [0.29, 0.717) is 33.8 Å². The molecule has 2 aromatic carbocycles. The molecule has 0 fully saturated rings. The van der Waals surface area contributed by atoms with Crippen LogP contribution in [0.3, 0.4) is 0 Å². The SMILES string of the molecule is Cc1ccccc1CNc1ncc(C(=O)Nc2cc(Cl)cc(Cl)c2)cn1. The number of hydrogen-bond acceptors (Lipinski definition) is 4. The number of amides is 1. The second-order valence-electron chi connectivity index (χ2n) is 5.69. The Labute approximate surface area is 161 Å². The number of halogens is 2. The first-order valence-corrected chi connectivity index (χ1v) is 8.65. The Balaban J connectivity index is 1.63. The van der Waals surface area contributed by atoms with Gasteiger partial charge in [0.1, 0.15) is 0 Å². The van der Waals surface area contributed by atoms with Crippen LogP contribution in [-0.4, -0.2) is 15.9 Å². The molecule has 2 N–H and O–H groups in total. The number of nitrogens with zero attached hydrogens (tertiary/aromatic N) is 2. The fraction of sp³-hybridized carbons (Fsp3) is 0.105. The number of hydrogen-bond donors (Lipinski definition) is 2. The number of aromatic nitrogens is 2. The zero-order chi connectivity index (χ0) is 18.5. The largest absolute Gasteiger partial charge is 0.350 e. The average molecular weight is 387 g/mol. The molecule has 1 heterocycles. The summed E-state index contributed by atoms with van der Waals surface area (Å²) in [6.07, 6.45) is 2.93. The van der Waals surface area contributed by atoms with Gasteiger partial charge in [-0.25, -0.2) is 9.97 Å². The predicted octanol–water partition coefficient (Wildman–Crippen LogP) is 4.96. The second kappa shape index (κ2) is 8.17. The molecule has 0 atom stereocenters. The highest BCUT2D eigenvalue weighted by Gasteiger charge is 2.09. The lowest BCUT2D eigenvalue weighted by Gasteiger charge is -2.09. The Bertz CT molecular complexity index is 909. The van der Waals surface area contributed by atoms with Crippen LogP contribution in [0.15, 0.2) is 54.9 Å². The zero-order valence-electron chi connectivity index (χ0n) is 14.0. The van der Waals surface area contributed by atoms with Gasteiger partial charge in [0, 0.05) is 34.7 Å². The van der Waals surface area contributed by atoms with E-state index >= 15 is 0 Å². The lowest BCUT2D eigenvalue weighted by molar-refractivity contribution is 0.102. The van der Waals surface area contributed by atoms with Gasteiger partial charge in [-0.05, 0) is 36.2 Å². The zero-order valence-corrected chi connectivity index (χ0v) is 15.5. The minimum absolute atomic E-state index is 0.336. The quantitative estimate of drug-likeness (QED) is 0.650. The number of nitrogens with one attached hydrogen (secondary N) is 2. The molecular formula is C19H16Cl2N4O. The third-order valence-corrected chi connectivity index (χ3v) is 4.17. The number of carbonyl (C=O) groups is 1. The molecule has 3 rings (SSSR count). The minimum atomic E-state index is -0.339. The summed E-state index contributed by atoms with van der Waals surface area (Å²) in [6, 6.07) is 12.9. The first kappa shape index (κ1) is 18.2. The van der Waals surface area contributed by atoms with Crippen molar-refractivity contribution < 1.29 is 4.79 Å². The Morgan fingerprint density at radius 2 is 1.69 bits per heavy atom. The van der Waals surface area contributed by atoms with Gasteiger partial charge in [0.05, 0.1) is 5.56 Å². The minimum Gasteiger partial charge on any atom is -0.350 e. The highest BCUT2D eigenvalue weighted by atomic mass is 35.5. The van der Waals surface area contributed by atoms with Gasteiger partial charge in [0.15, 0.2) is 0 Å². The van der Waals surface area contributed by atoms with Crippen LogP contribution in [0.4, 0.5) is 11.6 Å². The monoisotopic (exact) mass is 386 g/mol. The molecule has 0 bridgehead atoms. The van der Waals surface area contributed by atoms with Crippen LogP contribution in [-0.2, 0) is 6.54 Å². The highest BCUT2D eigenvalue weighted by molar-refractivity contribution is 6.35. The predicted molar refractivity (Wildman–Crippen MR) is 105 cm³/mol. The molecule has 26 heavy (non-hydrogen) atoms. The van der Waals surface area contributed by atoms with E-state index in [0.717, 1.165) is 5.56 Å². The van der Waals surface area contributed by atoms with Crippen LogP contribution in [0.5, 0.6) is 0 Å². The Morgan fingerprint density at radius 3 is 2.35 bits per heavy atom. The van der Waals surface area contributed by atoms with Crippen LogP contribution < -0.4 is 10.6 Å². The summed E-state index contributed by atoms with van der Waals surface area (Å²) >= 11 is 11.9. The lowest BCUT2D eigenvalue weighted by Crippen LogP contribution is -2.13. The van der Waals surface area contributed by atoms with Gasteiger partial charge in [0.25, 0.3) is 5.91 Å². The molecule has 132 valence electrons. The van der Waals surface area contributed by atoms with Crippen LogP contribution in [0.1, 0.15) is 21.5 Å². The number of benzene rings is 2. The molecule has 0 radical (unpaired) electrons. The summed E-state index contributed by atoms with van der Waals surface area (Å²) in [6.45, 7) is 2.66. The molecule has 0 aliphatic rings. The van der Waals surface area contributed by atoms with Crippen molar-refractivity contribution >= 4 is 40.7 Å². The van der Waals surface area contributed by atoms with Gasteiger partial charge in [0.2, 0.25) is 5.95 Å². The van der Waals surface area contributed by atoms with Gasteiger partial charge in [-0.2, -0.15) is 0 Å². The summed E-state index contributed by atoms with van der Waals surface area (Å²) in [5.74, 6) is 0.115. The Kier molecular flexibility index (Phi) is 5.71. The normalized spacial score (nSPS) is 10.4. The van der Waals surface area contributed by atoms with Gasteiger partial charge in [-0.15, -0.1) is 0 Å². The van der Waals surface area contributed by atoms with Crippen molar-refractivity contribution in [3.63, 3.8) is 0 Å². The van der Waals surface area contributed by atoms with Crippen LogP contribution in [0, 0.1) is 6.92 Å². The first-order chi connectivity index (χ1) is 12.5. The molecule has 0 aliphatic heterocycles. The molecule has 1 amide bonds. The fourth-order valence-corrected chi connectivity index (χ4v) is 2.87. The van der Waals surface area contributed by atoms with Crippen LogP contribution >= 0.6 is 23.2 Å². The van der Waals surface area contributed by atoms with Gasteiger partial charge in [-0.3, -0.25) is 4.79 Å². The van der Waals surface area contributed by atoms with Crippen LogP contribution in [0.25, 0.3) is 0 Å². The van der Waals surface area contributed by atoms with Gasteiger partial charge < -0.3 is 10.6 Å². The van der Waals surface area contributed by atoms with Gasteiger partial charge in [-0.1, -0.05) is 47.5 Å². The average Bonchev–Trinajstić information content (AvgIpc) is 2.60. The first-order valence-electron chi connectivity index (χ1n) is 7.89. The van der Waals surface area contributed by atoms with E-state index in [2.05, 4.69) is 20.6 Å². The van der Waals surface area contributed by atoms with E-state index in [9.17, 15) is 4.79 Å². The van der Waals surface area contributed by atoms with Crippen molar-refractivity contribution in [2.75, 3.05) is 10.6 Å². The van der Waals surface area contributed by atoms with Crippen molar-refractivity contribution in [3.8, 4) is 0 Å². The van der Waals surface area contributed by atoms with E-state index in [1.165, 1.54) is 18.0 Å². The molecule has 3 aromatic rings. The third kappa shape index (κ3) is 4.71. The number of carbonyl (C=O) groups excluding carboxylic acids is 1. The maximum absolute atomic E-state index is 12.3. The molecule has 0 aliphatic carbocycles. The van der Waals surface area contributed by atoms with E-state index in [-0.39, 0.29) is 5.91 Å². The maximum atomic E-state index is 12.3. The summed E-state index contributed by atoms with van der Waals surface area (Å²) in [4.78, 5) is 20.6. The van der Waals surface area contributed by atoms with E-state index in [4.69, 9.17) is 23.2 Å². The standard InChI is InChI=1S/C19H16Cl2N4O/c1-12-4-2-3-5-13(12)9-22-19-23-10-14(11-24-19)18(26)25-17-7-15(20)6-16(21)8-17/h2-8,10-11H,9H2,1H3,(H,25,26)(H,22,23,24). The summed E-state index contributed by atoms with van der Waals surface area (Å²) in [7, 11) is 0. The molecule has 0 saturated carbocycles. The molecule has 0 unspecified atom stereocenters. The Hall–Kier alpha value is -2.63. The summed E-state index contributed by atoms with van der Waals surface area (Å²) in [5.41, 5.74) is 3.20. The number of aryl methyl sites for hydroxylation is 1. The van der Waals surface area contributed by atoms with Crippen molar-refractivity contribution in [1.82, 2.24) is 9.97 Å². The van der Waals surface area contributed by atoms with Gasteiger partial charge >= 0.3 is 0 Å². The highest BCUT2D eigenvalue weighted by Crippen LogP contribution is 2.22. The number of rotatable bonds is 5. The summed E-state index contributed by atoms with van der Waals surface area (Å²) < 4.78 is 0. The van der Waals surface area contributed by atoms with Crippen LogP contribution in [0.2, 0.25) is 10.0 Å². The smallest absolute Gasteiger partial charge is 0.258 e. The van der Waals surface area contributed by atoms with E-state index < -0.39 is 0 Å². The van der Waals surface area contributed by atoms with Crippen molar-refractivity contribution in [2.45, 2.75) is 13.5 Å². The topological polar surface area (TPSA) is 66.9 Å². The molecule has 1 aromatic heterocycles. The molecular weight excluding hydrogens is 371 g/mol. The molecule has 5 nitrogen and oxygen atoms in total. The van der Waals surface area contributed by atoms with E-state index in [1.807, 2.05) is 31.2 Å². The second-order valence-corrected chi connectivity index (χ2v) is 6.56. The molecule has 7 heteroatoms. The third-order valence-electron chi connectivity index (χ3n) is 3.73. The van der Waals surface area contributed by atoms with E-state index in [1.54, 1.807) is 18.2 Å². The Morgan fingerprint density at radius 1 is 1.04 bits per heavy atom. The lowest BCUT2D eigenvalue weighted by atomic mass is 10.1. The maximum Gasteiger partial charge on any atom is 0.258 e. The van der Waals surface area contributed by atoms with Crippen molar-refractivity contribution in [1.29, 1.82) is 0 Å². The number of anilines is 2. The summed E-state index contributed by atoms with van der Waals surface area (Å²) in [5, 5.41) is 6.75.